The molecule has 25 heavy (non-hydrogen) atoms. The zero-order valence-corrected chi connectivity index (χ0v) is 15.0. The molecule has 1 aliphatic rings. The Morgan fingerprint density at radius 2 is 1.84 bits per heavy atom. The van der Waals surface area contributed by atoms with Crippen LogP contribution < -0.4 is 10.0 Å². The Bertz CT molecular complexity index is 727. The molecule has 138 valence electrons. The molecule has 2 rings (SSSR count). The van der Waals surface area contributed by atoms with Crippen molar-refractivity contribution in [2.45, 2.75) is 43.7 Å². The summed E-state index contributed by atoms with van der Waals surface area (Å²) in [7, 11) is -3.64. The number of anilines is 1. The molecule has 9 heteroatoms. The van der Waals surface area contributed by atoms with Gasteiger partial charge in [0.2, 0.25) is 15.9 Å². The molecular formula is C16H23N3O5S. The summed E-state index contributed by atoms with van der Waals surface area (Å²) in [5.41, 5.74) is 0.530. The number of nitrogens with one attached hydrogen (secondary N) is 2. The Balaban J connectivity index is 1.92. The van der Waals surface area contributed by atoms with Crippen molar-refractivity contribution in [1.29, 1.82) is 0 Å². The van der Waals surface area contributed by atoms with Gasteiger partial charge in [-0.1, -0.05) is 6.92 Å². The monoisotopic (exact) mass is 369 g/mol. The largest absolute Gasteiger partial charge is 0.480 e. The van der Waals surface area contributed by atoms with Crippen LogP contribution in [0.4, 0.5) is 5.69 Å². The van der Waals surface area contributed by atoms with Crippen LogP contribution in [0.5, 0.6) is 0 Å². The van der Waals surface area contributed by atoms with Crippen molar-refractivity contribution < 1.29 is 23.1 Å². The minimum atomic E-state index is -3.64. The van der Waals surface area contributed by atoms with Gasteiger partial charge in [0.15, 0.2) is 0 Å². The summed E-state index contributed by atoms with van der Waals surface area (Å²) in [5, 5.41) is 11.5. The number of carbonyl (C=O) groups excluding carboxylic acids is 1. The van der Waals surface area contributed by atoms with Gasteiger partial charge >= 0.3 is 5.97 Å². The fourth-order valence-electron chi connectivity index (χ4n) is 2.86. The van der Waals surface area contributed by atoms with E-state index in [0.717, 1.165) is 0 Å². The summed E-state index contributed by atoms with van der Waals surface area (Å²) in [4.78, 5) is 23.8. The molecule has 1 amide bonds. The molecule has 0 heterocycles. The molecule has 0 aromatic heterocycles. The number of rotatable bonds is 8. The Hall–Kier alpha value is -1.97. The van der Waals surface area contributed by atoms with Gasteiger partial charge in [-0.3, -0.25) is 14.5 Å². The second-order valence-electron chi connectivity index (χ2n) is 6.11. The number of nitrogens with zero attached hydrogens (tertiary/aromatic N) is 1. The average molecular weight is 369 g/mol. The number of carboxylic acid groups (broad SMARTS) is 1. The van der Waals surface area contributed by atoms with E-state index in [2.05, 4.69) is 10.0 Å². The molecule has 1 aromatic rings. The second-order valence-corrected chi connectivity index (χ2v) is 7.82. The van der Waals surface area contributed by atoms with E-state index in [1.807, 2.05) is 11.8 Å². The van der Waals surface area contributed by atoms with E-state index in [1.165, 1.54) is 31.2 Å². The lowest BCUT2D eigenvalue weighted by molar-refractivity contribution is -0.139. The standard InChI is InChI=1S/C16H23N3O5S/c1-3-19(10-16(21)22)14-8-13(9-14)18-25(23,24)15-6-4-12(5-7-15)17-11(2)20/h4-7,13-14,18H,3,8-10H2,1-2H3,(H,17,20)(H,21,22). The lowest BCUT2D eigenvalue weighted by Gasteiger charge is -2.42. The molecule has 0 aliphatic heterocycles. The third-order valence-corrected chi connectivity index (χ3v) is 5.72. The first-order valence-corrected chi connectivity index (χ1v) is 9.55. The summed E-state index contributed by atoms with van der Waals surface area (Å²) in [5.74, 6) is -1.11. The van der Waals surface area contributed by atoms with Crippen LogP contribution in [0.2, 0.25) is 0 Å². The first-order valence-electron chi connectivity index (χ1n) is 8.07. The highest BCUT2D eigenvalue weighted by molar-refractivity contribution is 7.89. The van der Waals surface area contributed by atoms with Crippen LogP contribution in [0.25, 0.3) is 0 Å². The molecule has 1 aliphatic carbocycles. The number of aliphatic carboxylic acids is 1. The Morgan fingerprint density at radius 3 is 2.32 bits per heavy atom. The van der Waals surface area contributed by atoms with Gasteiger partial charge in [0.1, 0.15) is 0 Å². The van der Waals surface area contributed by atoms with Gasteiger partial charge in [-0.05, 0) is 43.7 Å². The number of carbonyl (C=O) groups is 2. The number of amides is 1. The predicted octanol–water partition coefficient (Wildman–Crippen LogP) is 0.861. The van der Waals surface area contributed by atoms with Crippen LogP contribution >= 0.6 is 0 Å². The zero-order valence-electron chi connectivity index (χ0n) is 14.2. The normalized spacial score (nSPS) is 20.1. The molecule has 0 atom stereocenters. The quantitative estimate of drug-likeness (QED) is 0.626. The molecule has 1 saturated carbocycles. The molecular weight excluding hydrogens is 346 g/mol. The highest BCUT2D eigenvalue weighted by Gasteiger charge is 2.36. The van der Waals surface area contributed by atoms with Crippen LogP contribution in [0, 0.1) is 0 Å². The maximum atomic E-state index is 12.4. The van der Waals surface area contributed by atoms with Gasteiger partial charge in [-0.2, -0.15) is 0 Å². The Morgan fingerprint density at radius 1 is 1.24 bits per heavy atom. The molecule has 0 bridgehead atoms. The van der Waals surface area contributed by atoms with E-state index < -0.39 is 16.0 Å². The van der Waals surface area contributed by atoms with Crippen molar-refractivity contribution in [3.05, 3.63) is 24.3 Å². The van der Waals surface area contributed by atoms with Crippen LogP contribution in [0.3, 0.4) is 0 Å². The van der Waals surface area contributed by atoms with E-state index in [4.69, 9.17) is 5.11 Å². The van der Waals surface area contributed by atoms with Crippen molar-refractivity contribution in [2.75, 3.05) is 18.4 Å². The Labute approximate surface area is 147 Å². The SMILES string of the molecule is CCN(CC(=O)O)C1CC(NS(=O)(=O)c2ccc(NC(C)=O)cc2)C1. The molecule has 0 radical (unpaired) electrons. The van der Waals surface area contributed by atoms with E-state index in [-0.39, 0.29) is 29.4 Å². The van der Waals surface area contributed by atoms with Gasteiger partial charge in [-0.25, -0.2) is 13.1 Å². The predicted molar refractivity (Wildman–Crippen MR) is 92.8 cm³/mol. The molecule has 1 fully saturated rings. The molecule has 0 spiro atoms. The number of benzene rings is 1. The third kappa shape index (κ3) is 5.25. The topological polar surface area (TPSA) is 116 Å². The molecule has 1 aromatic carbocycles. The highest BCUT2D eigenvalue weighted by atomic mass is 32.2. The molecule has 3 N–H and O–H groups in total. The summed E-state index contributed by atoms with van der Waals surface area (Å²) in [6.07, 6.45) is 1.18. The smallest absolute Gasteiger partial charge is 0.317 e. The maximum Gasteiger partial charge on any atom is 0.317 e. The number of sulfonamides is 1. The minimum Gasteiger partial charge on any atom is -0.480 e. The fourth-order valence-corrected chi connectivity index (χ4v) is 4.12. The van der Waals surface area contributed by atoms with Crippen LogP contribution in [0.15, 0.2) is 29.2 Å². The second kappa shape index (κ2) is 7.94. The molecule has 8 nitrogen and oxygen atoms in total. The van der Waals surface area contributed by atoms with Crippen LogP contribution in [-0.2, 0) is 19.6 Å². The molecule has 0 unspecified atom stereocenters. The van der Waals surface area contributed by atoms with E-state index in [0.29, 0.717) is 25.1 Å². The summed E-state index contributed by atoms with van der Waals surface area (Å²) in [6.45, 7) is 3.84. The summed E-state index contributed by atoms with van der Waals surface area (Å²) >= 11 is 0. The van der Waals surface area contributed by atoms with Gasteiger partial charge in [-0.15, -0.1) is 0 Å². The van der Waals surface area contributed by atoms with E-state index in [1.54, 1.807) is 0 Å². The summed E-state index contributed by atoms with van der Waals surface area (Å²) < 4.78 is 27.4. The first kappa shape index (κ1) is 19.4. The van der Waals surface area contributed by atoms with Gasteiger partial charge in [0.05, 0.1) is 11.4 Å². The lowest BCUT2D eigenvalue weighted by Crippen LogP contribution is -2.54. The lowest BCUT2D eigenvalue weighted by atomic mass is 9.86. The van der Waals surface area contributed by atoms with Crippen LogP contribution in [-0.4, -0.2) is 55.5 Å². The highest BCUT2D eigenvalue weighted by Crippen LogP contribution is 2.27. The van der Waals surface area contributed by atoms with E-state index >= 15 is 0 Å². The van der Waals surface area contributed by atoms with Crippen molar-refractivity contribution >= 4 is 27.6 Å². The van der Waals surface area contributed by atoms with Gasteiger partial charge < -0.3 is 10.4 Å². The molecule has 0 saturated heterocycles. The number of carboxylic acids is 1. The van der Waals surface area contributed by atoms with Crippen molar-refractivity contribution in [1.82, 2.24) is 9.62 Å². The first-order chi connectivity index (χ1) is 11.7. The maximum absolute atomic E-state index is 12.4. The average Bonchev–Trinajstić information content (AvgIpc) is 2.48. The number of hydrogen-bond acceptors (Lipinski definition) is 5. The fraction of sp³-hybridized carbons (Fsp3) is 0.500. The minimum absolute atomic E-state index is 0.0365. The number of hydrogen-bond donors (Lipinski definition) is 3. The summed E-state index contributed by atoms with van der Waals surface area (Å²) in [6, 6.07) is 5.82. The van der Waals surface area contributed by atoms with Crippen molar-refractivity contribution in [2.24, 2.45) is 0 Å². The van der Waals surface area contributed by atoms with Crippen LogP contribution in [0.1, 0.15) is 26.7 Å². The Kier molecular flexibility index (Phi) is 6.15. The van der Waals surface area contributed by atoms with E-state index in [9.17, 15) is 18.0 Å². The third-order valence-electron chi connectivity index (χ3n) is 4.18. The van der Waals surface area contributed by atoms with Crippen molar-refractivity contribution in [3.8, 4) is 0 Å². The van der Waals surface area contributed by atoms with Gasteiger partial charge in [0.25, 0.3) is 0 Å². The van der Waals surface area contributed by atoms with Gasteiger partial charge in [0, 0.05) is 24.7 Å². The zero-order chi connectivity index (χ0) is 18.6. The van der Waals surface area contributed by atoms with Crippen molar-refractivity contribution in [3.63, 3.8) is 0 Å². The number of likely N-dealkylation sites (N-methyl/N-ethyl adjacent to an activating group) is 1.